The number of hydrogen-bond acceptors (Lipinski definition) is 3. The van der Waals surface area contributed by atoms with Gasteiger partial charge in [0.05, 0.1) is 25.3 Å². The van der Waals surface area contributed by atoms with Gasteiger partial charge in [0.1, 0.15) is 11.5 Å². The van der Waals surface area contributed by atoms with Crippen molar-refractivity contribution < 1.29 is 14.3 Å². The highest BCUT2D eigenvalue weighted by atomic mass is 127. The van der Waals surface area contributed by atoms with Crippen LogP contribution in [0.2, 0.25) is 0 Å². The molecule has 0 atom stereocenters. The van der Waals surface area contributed by atoms with E-state index in [9.17, 15) is 4.79 Å². The number of carbonyl (C=O) groups is 1. The zero-order valence-electron chi connectivity index (χ0n) is 10.6. The van der Waals surface area contributed by atoms with Crippen molar-refractivity contribution in [2.24, 2.45) is 0 Å². The van der Waals surface area contributed by atoms with Gasteiger partial charge in [-0.05, 0) is 52.9 Å². The van der Waals surface area contributed by atoms with E-state index in [1.807, 2.05) is 24.3 Å². The Balaban J connectivity index is 2.52. The maximum absolute atomic E-state index is 12.6. The predicted molar refractivity (Wildman–Crippen MR) is 82.1 cm³/mol. The lowest BCUT2D eigenvalue weighted by atomic mass is 10.0. The molecule has 0 aromatic heterocycles. The van der Waals surface area contributed by atoms with Gasteiger partial charge in [-0.15, -0.1) is 0 Å². The zero-order valence-corrected chi connectivity index (χ0v) is 12.8. The standard InChI is InChI=1S/C15H13IO3/c1-18-13-6-4-3-5-11(13)15(17)12-9-10(16)7-8-14(12)19-2/h3-9H,1-2H3. The summed E-state index contributed by atoms with van der Waals surface area (Å²) >= 11 is 2.17. The molecule has 19 heavy (non-hydrogen) atoms. The molecule has 4 heteroatoms. The Labute approximate surface area is 125 Å². The van der Waals surface area contributed by atoms with Crippen LogP contribution >= 0.6 is 22.6 Å². The van der Waals surface area contributed by atoms with Crippen molar-refractivity contribution >= 4 is 28.4 Å². The largest absolute Gasteiger partial charge is 0.496 e. The number of ether oxygens (including phenoxy) is 2. The smallest absolute Gasteiger partial charge is 0.200 e. The van der Waals surface area contributed by atoms with Gasteiger partial charge >= 0.3 is 0 Å². The zero-order chi connectivity index (χ0) is 13.8. The minimum absolute atomic E-state index is 0.104. The van der Waals surface area contributed by atoms with Gasteiger partial charge in [0.2, 0.25) is 5.78 Å². The summed E-state index contributed by atoms with van der Waals surface area (Å²) in [5, 5.41) is 0. The normalized spacial score (nSPS) is 10.1. The summed E-state index contributed by atoms with van der Waals surface area (Å²) in [7, 11) is 3.11. The molecular formula is C15H13IO3. The second-order valence-corrected chi connectivity index (χ2v) is 5.12. The number of halogens is 1. The Morgan fingerprint density at radius 1 is 0.947 bits per heavy atom. The van der Waals surface area contributed by atoms with Gasteiger partial charge in [-0.3, -0.25) is 4.79 Å². The second-order valence-electron chi connectivity index (χ2n) is 3.87. The van der Waals surface area contributed by atoms with Crippen molar-refractivity contribution in [1.82, 2.24) is 0 Å². The van der Waals surface area contributed by atoms with Crippen molar-refractivity contribution in [2.75, 3.05) is 14.2 Å². The molecule has 0 spiro atoms. The fraction of sp³-hybridized carbons (Fsp3) is 0.133. The topological polar surface area (TPSA) is 35.5 Å². The Bertz CT molecular complexity index is 608. The summed E-state index contributed by atoms with van der Waals surface area (Å²) in [6.07, 6.45) is 0. The first kappa shape index (κ1) is 13.9. The summed E-state index contributed by atoms with van der Waals surface area (Å²) in [5.41, 5.74) is 1.07. The van der Waals surface area contributed by atoms with Crippen molar-refractivity contribution in [2.45, 2.75) is 0 Å². The average Bonchev–Trinajstić information content (AvgIpc) is 2.46. The first-order valence-electron chi connectivity index (χ1n) is 5.68. The molecule has 98 valence electrons. The molecule has 3 nitrogen and oxygen atoms in total. The minimum Gasteiger partial charge on any atom is -0.496 e. The van der Waals surface area contributed by atoms with Crippen LogP contribution in [0.4, 0.5) is 0 Å². The van der Waals surface area contributed by atoms with Crippen LogP contribution in [0.25, 0.3) is 0 Å². The molecule has 0 heterocycles. The lowest BCUT2D eigenvalue weighted by molar-refractivity contribution is 0.103. The van der Waals surface area contributed by atoms with E-state index in [2.05, 4.69) is 22.6 Å². The van der Waals surface area contributed by atoms with E-state index < -0.39 is 0 Å². The number of benzene rings is 2. The van der Waals surface area contributed by atoms with Crippen molar-refractivity contribution in [3.8, 4) is 11.5 Å². The number of para-hydroxylation sites is 1. The SMILES string of the molecule is COc1ccccc1C(=O)c1cc(I)ccc1OC. The number of hydrogen-bond donors (Lipinski definition) is 0. The maximum atomic E-state index is 12.6. The molecule has 0 radical (unpaired) electrons. The molecule has 0 N–H and O–H groups in total. The van der Waals surface area contributed by atoms with Crippen LogP contribution in [0.3, 0.4) is 0 Å². The summed E-state index contributed by atoms with van der Waals surface area (Å²) in [6.45, 7) is 0. The molecule has 0 aliphatic heterocycles. The molecule has 0 bridgehead atoms. The minimum atomic E-state index is -0.104. The van der Waals surface area contributed by atoms with Gasteiger partial charge in [0.25, 0.3) is 0 Å². The number of carbonyl (C=O) groups excluding carboxylic acids is 1. The van der Waals surface area contributed by atoms with E-state index in [1.54, 1.807) is 32.4 Å². The number of rotatable bonds is 4. The summed E-state index contributed by atoms with van der Waals surface area (Å²) in [6, 6.07) is 12.7. The Hall–Kier alpha value is -1.56. The predicted octanol–water partition coefficient (Wildman–Crippen LogP) is 3.54. The first-order chi connectivity index (χ1) is 9.17. The molecule has 2 aromatic carbocycles. The van der Waals surface area contributed by atoms with Crippen LogP contribution in [0.15, 0.2) is 42.5 Å². The average molecular weight is 368 g/mol. The van der Waals surface area contributed by atoms with Gasteiger partial charge < -0.3 is 9.47 Å². The van der Waals surface area contributed by atoms with Crippen LogP contribution in [0, 0.1) is 3.57 Å². The lowest BCUT2D eigenvalue weighted by Gasteiger charge is -2.10. The third kappa shape index (κ3) is 2.89. The summed E-state index contributed by atoms with van der Waals surface area (Å²) < 4.78 is 11.5. The van der Waals surface area contributed by atoms with E-state index >= 15 is 0 Å². The van der Waals surface area contributed by atoms with E-state index in [1.165, 1.54) is 0 Å². The van der Waals surface area contributed by atoms with E-state index in [-0.39, 0.29) is 5.78 Å². The Morgan fingerprint density at radius 2 is 1.58 bits per heavy atom. The van der Waals surface area contributed by atoms with Crippen LogP contribution in [-0.4, -0.2) is 20.0 Å². The summed E-state index contributed by atoms with van der Waals surface area (Å²) in [4.78, 5) is 12.6. The van der Waals surface area contributed by atoms with Crippen LogP contribution in [0.1, 0.15) is 15.9 Å². The fourth-order valence-corrected chi connectivity index (χ4v) is 2.33. The highest BCUT2D eigenvalue weighted by Crippen LogP contribution is 2.27. The second kappa shape index (κ2) is 6.06. The molecule has 0 amide bonds. The van der Waals surface area contributed by atoms with Gasteiger partial charge in [0, 0.05) is 3.57 Å². The third-order valence-corrected chi connectivity index (χ3v) is 3.43. The molecule has 0 aliphatic rings. The van der Waals surface area contributed by atoms with E-state index in [0.29, 0.717) is 22.6 Å². The third-order valence-electron chi connectivity index (χ3n) is 2.76. The molecule has 0 unspecified atom stereocenters. The van der Waals surface area contributed by atoms with Crippen LogP contribution < -0.4 is 9.47 Å². The number of methoxy groups -OCH3 is 2. The van der Waals surface area contributed by atoms with Crippen LogP contribution in [0.5, 0.6) is 11.5 Å². The summed E-state index contributed by atoms with van der Waals surface area (Å²) in [5.74, 6) is 1.03. The molecule has 2 rings (SSSR count). The quantitative estimate of drug-likeness (QED) is 0.612. The molecule has 0 saturated heterocycles. The van der Waals surface area contributed by atoms with E-state index in [4.69, 9.17) is 9.47 Å². The lowest BCUT2D eigenvalue weighted by Crippen LogP contribution is -2.06. The van der Waals surface area contributed by atoms with Crippen molar-refractivity contribution in [3.63, 3.8) is 0 Å². The van der Waals surface area contributed by atoms with Gasteiger partial charge in [0.15, 0.2) is 0 Å². The molecule has 0 fully saturated rings. The highest BCUT2D eigenvalue weighted by Gasteiger charge is 2.18. The van der Waals surface area contributed by atoms with Crippen LogP contribution in [-0.2, 0) is 0 Å². The Kier molecular flexibility index (Phi) is 4.42. The Morgan fingerprint density at radius 3 is 2.26 bits per heavy atom. The molecule has 0 aliphatic carbocycles. The monoisotopic (exact) mass is 368 g/mol. The highest BCUT2D eigenvalue weighted by molar-refractivity contribution is 14.1. The van der Waals surface area contributed by atoms with Gasteiger partial charge in [-0.1, -0.05) is 12.1 Å². The fourth-order valence-electron chi connectivity index (χ4n) is 1.83. The number of ketones is 1. The molecule has 2 aromatic rings. The molecular weight excluding hydrogens is 355 g/mol. The van der Waals surface area contributed by atoms with E-state index in [0.717, 1.165) is 3.57 Å². The van der Waals surface area contributed by atoms with Gasteiger partial charge in [-0.2, -0.15) is 0 Å². The van der Waals surface area contributed by atoms with Gasteiger partial charge in [-0.25, -0.2) is 0 Å². The van der Waals surface area contributed by atoms with Crippen molar-refractivity contribution in [3.05, 3.63) is 57.2 Å². The first-order valence-corrected chi connectivity index (χ1v) is 6.76. The van der Waals surface area contributed by atoms with Crippen molar-refractivity contribution in [1.29, 1.82) is 0 Å². The molecule has 0 saturated carbocycles. The maximum Gasteiger partial charge on any atom is 0.200 e.